The minimum atomic E-state index is -0.877. The molecule has 1 heterocycles. The number of hydrogen-bond acceptors (Lipinski definition) is 4. The minimum absolute atomic E-state index is 0.207. The maximum absolute atomic E-state index is 12.6. The van der Waals surface area contributed by atoms with Gasteiger partial charge in [0, 0.05) is 25.2 Å². The molecule has 0 spiro atoms. The number of aliphatic carboxylic acids is 1. The van der Waals surface area contributed by atoms with Gasteiger partial charge in [-0.3, -0.25) is 9.59 Å². The average Bonchev–Trinajstić information content (AvgIpc) is 2.98. The average molecular weight is 328 g/mol. The van der Waals surface area contributed by atoms with Crippen LogP contribution in [0.2, 0.25) is 5.02 Å². The number of ether oxygens (including phenoxy) is 2. The number of hydrogen-bond donors (Lipinski definition) is 1. The largest absolute Gasteiger partial charge is 0.490 e. The predicted molar refractivity (Wildman–Crippen MR) is 80.5 cm³/mol. The number of carboxylic acid groups (broad SMARTS) is 1. The lowest BCUT2D eigenvalue weighted by molar-refractivity contribution is -0.141. The summed E-state index contributed by atoms with van der Waals surface area (Å²) in [6.07, 6.45) is 0.460. The minimum Gasteiger partial charge on any atom is -0.490 e. The first-order valence-electron chi connectivity index (χ1n) is 6.96. The first-order valence-corrected chi connectivity index (χ1v) is 7.34. The fraction of sp³-hybridized carbons (Fsp3) is 0.467. The second-order valence-electron chi connectivity index (χ2n) is 5.06. The molecule has 0 unspecified atom stereocenters. The van der Waals surface area contributed by atoms with Crippen molar-refractivity contribution in [2.45, 2.75) is 6.42 Å². The fourth-order valence-corrected chi connectivity index (χ4v) is 2.52. The van der Waals surface area contributed by atoms with Crippen LogP contribution in [0.4, 0.5) is 0 Å². The normalized spacial score (nSPS) is 17.5. The van der Waals surface area contributed by atoms with E-state index in [0.29, 0.717) is 42.5 Å². The quantitative estimate of drug-likeness (QED) is 0.808. The summed E-state index contributed by atoms with van der Waals surface area (Å²) >= 11 is 5.96. The first-order chi connectivity index (χ1) is 10.5. The standard InChI is InChI=1S/C15H18ClNO5/c1-21-6-7-22-13-3-2-11(16)8-12(13)14(18)17-5-4-10(9-17)15(19)20/h2-3,8,10H,4-7,9H2,1H3,(H,19,20)/t10-/m0/s1. The summed E-state index contributed by atoms with van der Waals surface area (Å²) in [6.45, 7) is 1.34. The molecule has 2 rings (SSSR count). The van der Waals surface area contributed by atoms with Crippen molar-refractivity contribution in [1.29, 1.82) is 0 Å². The Bertz CT molecular complexity index is 563. The van der Waals surface area contributed by atoms with E-state index in [9.17, 15) is 9.59 Å². The summed E-state index contributed by atoms with van der Waals surface area (Å²) in [7, 11) is 1.56. The van der Waals surface area contributed by atoms with E-state index in [0.717, 1.165) is 0 Å². The third-order valence-corrected chi connectivity index (χ3v) is 3.78. The van der Waals surface area contributed by atoms with Crippen LogP contribution in [0, 0.1) is 5.92 Å². The molecule has 1 aromatic rings. The van der Waals surface area contributed by atoms with Crippen LogP contribution < -0.4 is 4.74 Å². The monoisotopic (exact) mass is 327 g/mol. The molecule has 0 radical (unpaired) electrons. The third-order valence-electron chi connectivity index (χ3n) is 3.54. The molecule has 1 aliphatic heterocycles. The Balaban J connectivity index is 2.14. The zero-order valence-electron chi connectivity index (χ0n) is 12.3. The van der Waals surface area contributed by atoms with Crippen LogP contribution in [-0.4, -0.2) is 55.3 Å². The van der Waals surface area contributed by atoms with Gasteiger partial charge in [0.2, 0.25) is 0 Å². The Kier molecular flexibility index (Phi) is 5.63. The zero-order chi connectivity index (χ0) is 16.1. The van der Waals surface area contributed by atoms with Gasteiger partial charge < -0.3 is 19.5 Å². The summed E-state index contributed by atoms with van der Waals surface area (Å²) in [5.41, 5.74) is 0.342. The number of rotatable bonds is 6. The molecule has 1 aromatic carbocycles. The molecule has 22 heavy (non-hydrogen) atoms. The first kappa shape index (κ1) is 16.6. The second-order valence-corrected chi connectivity index (χ2v) is 5.49. The van der Waals surface area contributed by atoms with E-state index >= 15 is 0 Å². The van der Waals surface area contributed by atoms with Crippen molar-refractivity contribution in [3.8, 4) is 5.75 Å². The molecule has 1 fully saturated rings. The zero-order valence-corrected chi connectivity index (χ0v) is 13.0. The Labute approximate surface area is 133 Å². The van der Waals surface area contributed by atoms with Gasteiger partial charge in [-0.1, -0.05) is 11.6 Å². The van der Waals surface area contributed by atoms with Gasteiger partial charge in [0.05, 0.1) is 18.1 Å². The maximum Gasteiger partial charge on any atom is 0.308 e. The van der Waals surface area contributed by atoms with E-state index in [1.54, 1.807) is 25.3 Å². The fourth-order valence-electron chi connectivity index (χ4n) is 2.35. The SMILES string of the molecule is COCCOc1ccc(Cl)cc1C(=O)N1CC[C@H](C(=O)O)C1. The lowest BCUT2D eigenvalue weighted by Gasteiger charge is -2.18. The topological polar surface area (TPSA) is 76.1 Å². The number of carboxylic acids is 1. The number of likely N-dealkylation sites (tertiary alicyclic amines) is 1. The van der Waals surface area contributed by atoms with Gasteiger partial charge in [0.1, 0.15) is 12.4 Å². The van der Waals surface area contributed by atoms with Crippen molar-refractivity contribution in [3.63, 3.8) is 0 Å². The molecule has 7 heteroatoms. The summed E-state index contributed by atoms with van der Waals surface area (Å²) in [6, 6.07) is 4.82. The molecular formula is C15H18ClNO5. The molecule has 1 amide bonds. The molecule has 0 saturated carbocycles. The molecule has 0 aromatic heterocycles. The summed E-state index contributed by atoms with van der Waals surface area (Å²) in [5, 5.41) is 9.45. The summed E-state index contributed by atoms with van der Waals surface area (Å²) < 4.78 is 10.5. The molecule has 0 bridgehead atoms. The molecule has 6 nitrogen and oxygen atoms in total. The number of benzene rings is 1. The number of nitrogens with zero attached hydrogens (tertiary/aromatic N) is 1. The molecular weight excluding hydrogens is 310 g/mol. The van der Waals surface area contributed by atoms with Crippen molar-refractivity contribution in [2.24, 2.45) is 5.92 Å². The molecule has 1 aliphatic rings. The van der Waals surface area contributed by atoms with E-state index in [2.05, 4.69) is 0 Å². The van der Waals surface area contributed by atoms with Gasteiger partial charge in [-0.15, -0.1) is 0 Å². The highest BCUT2D eigenvalue weighted by molar-refractivity contribution is 6.31. The molecule has 1 atom stereocenters. The van der Waals surface area contributed by atoms with Crippen LogP contribution in [0.25, 0.3) is 0 Å². The highest BCUT2D eigenvalue weighted by Gasteiger charge is 2.32. The summed E-state index contributed by atoms with van der Waals surface area (Å²) in [5.74, 6) is -1.23. The van der Waals surface area contributed by atoms with Crippen molar-refractivity contribution in [3.05, 3.63) is 28.8 Å². The number of amides is 1. The van der Waals surface area contributed by atoms with Crippen molar-refractivity contribution in [1.82, 2.24) is 4.90 Å². The van der Waals surface area contributed by atoms with Gasteiger partial charge in [-0.05, 0) is 24.6 Å². The van der Waals surface area contributed by atoms with Gasteiger partial charge in [0.15, 0.2) is 0 Å². The van der Waals surface area contributed by atoms with Crippen LogP contribution in [-0.2, 0) is 9.53 Å². The van der Waals surface area contributed by atoms with Gasteiger partial charge in [0.25, 0.3) is 5.91 Å². The number of halogens is 1. The highest BCUT2D eigenvalue weighted by atomic mass is 35.5. The van der Waals surface area contributed by atoms with Crippen LogP contribution in [0.15, 0.2) is 18.2 Å². The number of methoxy groups -OCH3 is 1. The van der Waals surface area contributed by atoms with E-state index in [-0.39, 0.29) is 12.5 Å². The van der Waals surface area contributed by atoms with Crippen LogP contribution in [0.1, 0.15) is 16.8 Å². The number of carbonyl (C=O) groups excluding carboxylic acids is 1. The molecule has 120 valence electrons. The van der Waals surface area contributed by atoms with E-state index in [1.165, 1.54) is 4.90 Å². The Morgan fingerprint density at radius 3 is 2.82 bits per heavy atom. The van der Waals surface area contributed by atoms with Crippen molar-refractivity contribution in [2.75, 3.05) is 33.4 Å². The van der Waals surface area contributed by atoms with Gasteiger partial charge in [-0.25, -0.2) is 0 Å². The van der Waals surface area contributed by atoms with E-state index in [4.69, 9.17) is 26.2 Å². The number of carbonyl (C=O) groups is 2. The van der Waals surface area contributed by atoms with Crippen molar-refractivity contribution < 1.29 is 24.2 Å². The van der Waals surface area contributed by atoms with Crippen LogP contribution in [0.5, 0.6) is 5.75 Å². The van der Waals surface area contributed by atoms with Crippen molar-refractivity contribution >= 4 is 23.5 Å². The van der Waals surface area contributed by atoms with E-state index < -0.39 is 11.9 Å². The predicted octanol–water partition coefficient (Wildman–Crippen LogP) is 1.91. The smallest absolute Gasteiger partial charge is 0.308 e. The third kappa shape index (κ3) is 3.90. The van der Waals surface area contributed by atoms with E-state index in [1.807, 2.05) is 0 Å². The highest BCUT2D eigenvalue weighted by Crippen LogP contribution is 2.27. The van der Waals surface area contributed by atoms with Gasteiger partial charge >= 0.3 is 5.97 Å². The molecule has 1 N–H and O–H groups in total. The Morgan fingerprint density at radius 1 is 1.41 bits per heavy atom. The lowest BCUT2D eigenvalue weighted by atomic mass is 10.1. The van der Waals surface area contributed by atoms with Gasteiger partial charge in [-0.2, -0.15) is 0 Å². The lowest BCUT2D eigenvalue weighted by Crippen LogP contribution is -2.30. The second kappa shape index (κ2) is 7.47. The maximum atomic E-state index is 12.6. The van der Waals surface area contributed by atoms with Crippen LogP contribution in [0.3, 0.4) is 0 Å². The summed E-state index contributed by atoms with van der Waals surface area (Å²) in [4.78, 5) is 25.1. The molecule has 1 saturated heterocycles. The Hall–Kier alpha value is -1.79. The Morgan fingerprint density at radius 2 is 2.18 bits per heavy atom. The molecule has 0 aliphatic carbocycles. The van der Waals surface area contributed by atoms with Crippen LogP contribution >= 0.6 is 11.6 Å².